The molecular formula is C14H16N2O2. The predicted octanol–water partition coefficient (Wildman–Crippen LogP) is 2.08. The molecular weight excluding hydrogens is 228 g/mol. The highest BCUT2D eigenvalue weighted by Crippen LogP contribution is 2.15. The highest BCUT2D eigenvalue weighted by atomic mass is 16.5. The smallest absolute Gasteiger partial charge is 0.267 e. The van der Waals surface area contributed by atoms with Gasteiger partial charge in [-0.15, -0.1) is 0 Å². The molecule has 1 amide bonds. The Morgan fingerprint density at radius 3 is 3.11 bits per heavy atom. The van der Waals surface area contributed by atoms with E-state index in [1.807, 2.05) is 30.3 Å². The first-order valence-electron chi connectivity index (χ1n) is 6.30. The van der Waals surface area contributed by atoms with Gasteiger partial charge >= 0.3 is 0 Å². The topological polar surface area (TPSA) is 54.1 Å². The van der Waals surface area contributed by atoms with Gasteiger partial charge in [-0.1, -0.05) is 18.2 Å². The molecule has 18 heavy (non-hydrogen) atoms. The standard InChI is InChI=1S/C14H16N2O2/c17-14(15-9-11-5-3-7-18-11)13-8-10-4-1-2-6-12(10)16-13/h1-2,4,6,8,11,16H,3,5,7,9H2,(H,15,17)/t11-/m1/s1. The zero-order chi connectivity index (χ0) is 12.4. The van der Waals surface area contributed by atoms with Gasteiger partial charge in [0.05, 0.1) is 6.10 Å². The van der Waals surface area contributed by atoms with Crippen LogP contribution in [0.1, 0.15) is 23.3 Å². The Hall–Kier alpha value is -1.81. The summed E-state index contributed by atoms with van der Waals surface area (Å²) in [6, 6.07) is 9.74. The summed E-state index contributed by atoms with van der Waals surface area (Å²) in [4.78, 5) is 15.1. The lowest BCUT2D eigenvalue weighted by atomic mass is 10.2. The number of fused-ring (bicyclic) bond motifs is 1. The fourth-order valence-electron chi connectivity index (χ4n) is 2.30. The average Bonchev–Trinajstić information content (AvgIpc) is 3.04. The van der Waals surface area contributed by atoms with Crippen molar-refractivity contribution in [2.24, 2.45) is 0 Å². The second-order valence-electron chi connectivity index (χ2n) is 4.62. The maximum atomic E-state index is 12.0. The van der Waals surface area contributed by atoms with Crippen LogP contribution in [0.2, 0.25) is 0 Å². The second kappa shape index (κ2) is 4.82. The van der Waals surface area contributed by atoms with E-state index >= 15 is 0 Å². The molecule has 1 aliphatic heterocycles. The normalized spacial score (nSPS) is 19.2. The molecule has 0 spiro atoms. The summed E-state index contributed by atoms with van der Waals surface area (Å²) in [5, 5.41) is 3.96. The number of aromatic nitrogens is 1. The SMILES string of the molecule is O=C(NC[C@H]1CCCO1)c1cc2ccccc2[nH]1. The van der Waals surface area contributed by atoms with E-state index in [0.29, 0.717) is 12.2 Å². The lowest BCUT2D eigenvalue weighted by Crippen LogP contribution is -2.31. The molecule has 4 nitrogen and oxygen atoms in total. The van der Waals surface area contributed by atoms with Crippen molar-refractivity contribution in [3.63, 3.8) is 0 Å². The molecule has 1 aromatic carbocycles. The minimum Gasteiger partial charge on any atom is -0.376 e. The molecule has 0 radical (unpaired) electrons. The van der Waals surface area contributed by atoms with E-state index in [4.69, 9.17) is 4.74 Å². The van der Waals surface area contributed by atoms with Gasteiger partial charge in [0.2, 0.25) is 0 Å². The molecule has 2 aromatic rings. The van der Waals surface area contributed by atoms with Crippen LogP contribution in [-0.4, -0.2) is 30.1 Å². The largest absolute Gasteiger partial charge is 0.376 e. The third-order valence-electron chi connectivity index (χ3n) is 3.29. The van der Waals surface area contributed by atoms with Crippen molar-refractivity contribution < 1.29 is 9.53 Å². The summed E-state index contributed by atoms with van der Waals surface area (Å²) in [5.74, 6) is -0.0679. The van der Waals surface area contributed by atoms with E-state index in [1.54, 1.807) is 0 Å². The fraction of sp³-hybridized carbons (Fsp3) is 0.357. The molecule has 0 bridgehead atoms. The number of H-pyrrole nitrogens is 1. The molecule has 0 unspecified atom stereocenters. The molecule has 1 aromatic heterocycles. The summed E-state index contributed by atoms with van der Waals surface area (Å²) in [6.45, 7) is 1.40. The highest BCUT2D eigenvalue weighted by molar-refractivity contribution is 5.97. The molecule has 1 aliphatic rings. The van der Waals surface area contributed by atoms with Crippen molar-refractivity contribution in [2.45, 2.75) is 18.9 Å². The van der Waals surface area contributed by atoms with Gasteiger partial charge in [-0.25, -0.2) is 0 Å². The van der Waals surface area contributed by atoms with Crippen molar-refractivity contribution >= 4 is 16.8 Å². The summed E-state index contributed by atoms with van der Waals surface area (Å²) < 4.78 is 5.47. The number of para-hydroxylation sites is 1. The van der Waals surface area contributed by atoms with Crippen LogP contribution in [-0.2, 0) is 4.74 Å². The number of amides is 1. The Kier molecular flexibility index (Phi) is 3.02. The molecule has 1 saturated heterocycles. The van der Waals surface area contributed by atoms with Gasteiger partial charge in [0.25, 0.3) is 5.91 Å². The Balaban J connectivity index is 1.67. The first-order valence-corrected chi connectivity index (χ1v) is 6.30. The Morgan fingerprint density at radius 1 is 1.44 bits per heavy atom. The van der Waals surface area contributed by atoms with Crippen LogP contribution >= 0.6 is 0 Å². The third-order valence-corrected chi connectivity index (χ3v) is 3.29. The van der Waals surface area contributed by atoms with E-state index in [1.165, 1.54) is 0 Å². The minimum absolute atomic E-state index is 0.0679. The maximum Gasteiger partial charge on any atom is 0.267 e. The van der Waals surface area contributed by atoms with Crippen LogP contribution in [0.25, 0.3) is 10.9 Å². The van der Waals surface area contributed by atoms with Gasteiger partial charge in [-0.05, 0) is 25.0 Å². The van der Waals surface area contributed by atoms with Gasteiger partial charge in [0.1, 0.15) is 5.69 Å². The van der Waals surface area contributed by atoms with Crippen LogP contribution < -0.4 is 5.32 Å². The van der Waals surface area contributed by atoms with E-state index < -0.39 is 0 Å². The molecule has 1 atom stereocenters. The zero-order valence-corrected chi connectivity index (χ0v) is 10.1. The maximum absolute atomic E-state index is 12.0. The Bertz CT molecular complexity index is 523. The van der Waals surface area contributed by atoms with Crippen molar-refractivity contribution in [3.8, 4) is 0 Å². The number of carbonyl (C=O) groups is 1. The molecule has 94 valence electrons. The second-order valence-corrected chi connectivity index (χ2v) is 4.62. The number of aromatic amines is 1. The molecule has 0 aliphatic carbocycles. The van der Waals surface area contributed by atoms with Gasteiger partial charge in [-0.2, -0.15) is 0 Å². The predicted molar refractivity (Wildman–Crippen MR) is 69.6 cm³/mol. The summed E-state index contributed by atoms with van der Waals surface area (Å²) in [6.07, 6.45) is 2.30. The van der Waals surface area contributed by atoms with E-state index in [-0.39, 0.29) is 12.0 Å². The lowest BCUT2D eigenvalue weighted by molar-refractivity contribution is 0.0854. The molecule has 3 rings (SSSR count). The molecule has 1 fully saturated rings. The van der Waals surface area contributed by atoms with Crippen LogP contribution in [0.3, 0.4) is 0 Å². The van der Waals surface area contributed by atoms with Gasteiger partial charge in [0.15, 0.2) is 0 Å². The molecule has 2 heterocycles. The van der Waals surface area contributed by atoms with Gasteiger partial charge < -0.3 is 15.0 Å². The monoisotopic (exact) mass is 244 g/mol. The van der Waals surface area contributed by atoms with Crippen molar-refractivity contribution in [2.75, 3.05) is 13.2 Å². The van der Waals surface area contributed by atoms with Gasteiger partial charge in [-0.3, -0.25) is 4.79 Å². The van der Waals surface area contributed by atoms with Crippen LogP contribution in [0.4, 0.5) is 0 Å². The number of nitrogens with one attached hydrogen (secondary N) is 2. The van der Waals surface area contributed by atoms with Crippen molar-refractivity contribution in [1.29, 1.82) is 0 Å². The third kappa shape index (κ3) is 2.24. The fourth-order valence-corrected chi connectivity index (χ4v) is 2.30. The Labute approximate surface area is 105 Å². The van der Waals surface area contributed by atoms with Crippen molar-refractivity contribution in [3.05, 3.63) is 36.0 Å². The van der Waals surface area contributed by atoms with E-state index in [9.17, 15) is 4.79 Å². The van der Waals surface area contributed by atoms with Gasteiger partial charge in [0, 0.05) is 24.1 Å². The van der Waals surface area contributed by atoms with Crippen LogP contribution in [0.15, 0.2) is 30.3 Å². The van der Waals surface area contributed by atoms with E-state index in [0.717, 1.165) is 30.4 Å². The average molecular weight is 244 g/mol. The summed E-state index contributed by atoms with van der Waals surface area (Å²) in [5.41, 5.74) is 1.59. The van der Waals surface area contributed by atoms with Crippen molar-refractivity contribution in [1.82, 2.24) is 10.3 Å². The lowest BCUT2D eigenvalue weighted by Gasteiger charge is -2.09. The highest BCUT2D eigenvalue weighted by Gasteiger charge is 2.17. The molecule has 2 N–H and O–H groups in total. The number of hydrogen-bond donors (Lipinski definition) is 2. The zero-order valence-electron chi connectivity index (χ0n) is 10.1. The number of rotatable bonds is 3. The number of hydrogen-bond acceptors (Lipinski definition) is 2. The number of benzene rings is 1. The summed E-state index contributed by atoms with van der Waals surface area (Å²) >= 11 is 0. The quantitative estimate of drug-likeness (QED) is 0.868. The van der Waals surface area contributed by atoms with Crippen LogP contribution in [0, 0.1) is 0 Å². The minimum atomic E-state index is -0.0679. The molecule has 0 saturated carbocycles. The van der Waals surface area contributed by atoms with E-state index in [2.05, 4.69) is 10.3 Å². The molecule has 4 heteroatoms. The van der Waals surface area contributed by atoms with Crippen LogP contribution in [0.5, 0.6) is 0 Å². The number of carbonyl (C=O) groups excluding carboxylic acids is 1. The first kappa shape index (κ1) is 11.3. The number of ether oxygens (including phenoxy) is 1. The Morgan fingerprint density at radius 2 is 2.33 bits per heavy atom. The first-order chi connectivity index (χ1) is 8.83. The summed E-state index contributed by atoms with van der Waals surface area (Å²) in [7, 11) is 0.